The first-order valence-electron chi connectivity index (χ1n) is 11.8. The summed E-state index contributed by atoms with van der Waals surface area (Å²) < 4.78 is 4.52. The number of rotatable bonds is 2. The van der Waals surface area contributed by atoms with Gasteiger partial charge in [0.25, 0.3) is 0 Å². The number of hydrogen-bond acceptors (Lipinski definition) is 4. The lowest BCUT2D eigenvalue weighted by Crippen LogP contribution is -2.02. The summed E-state index contributed by atoms with van der Waals surface area (Å²) in [6.07, 6.45) is 7.15. The topological polar surface area (TPSA) is 61.4 Å². The van der Waals surface area contributed by atoms with E-state index in [2.05, 4.69) is 96.9 Å². The molecule has 0 saturated carbocycles. The molecule has 4 aromatic heterocycles. The van der Waals surface area contributed by atoms with Gasteiger partial charge in [-0.3, -0.25) is 4.57 Å². The predicted molar refractivity (Wildman–Crippen MR) is 144 cm³/mol. The van der Waals surface area contributed by atoms with Gasteiger partial charge in [-0.15, -0.1) is 0 Å². The van der Waals surface area contributed by atoms with Crippen LogP contribution in [-0.2, 0) is 0 Å². The van der Waals surface area contributed by atoms with Gasteiger partial charge in [-0.1, -0.05) is 54.6 Å². The Balaban J connectivity index is 1.79. The number of nitrogens with zero attached hydrogens (tertiary/aromatic N) is 6. The molecule has 0 saturated heterocycles. The summed E-state index contributed by atoms with van der Waals surface area (Å²) in [4.78, 5) is 18.6. The lowest BCUT2D eigenvalue weighted by atomic mass is 10.0. The molecule has 0 fully saturated rings. The Morgan fingerprint density at radius 2 is 1.17 bits per heavy atom. The Labute approximate surface area is 205 Å². The summed E-state index contributed by atoms with van der Waals surface area (Å²) in [5, 5.41) is 5.49. The highest BCUT2D eigenvalue weighted by atomic mass is 15.2. The van der Waals surface area contributed by atoms with Gasteiger partial charge in [-0.05, 0) is 30.3 Å². The summed E-state index contributed by atoms with van der Waals surface area (Å²) >= 11 is 0. The van der Waals surface area contributed by atoms with Crippen LogP contribution in [0.25, 0.3) is 66.2 Å². The third-order valence-corrected chi connectivity index (χ3v) is 6.96. The van der Waals surface area contributed by atoms with Crippen molar-refractivity contribution in [3.8, 4) is 11.6 Å². The van der Waals surface area contributed by atoms with Gasteiger partial charge in [0.15, 0.2) is 0 Å². The second kappa shape index (κ2) is 7.20. The second-order valence-electron chi connectivity index (χ2n) is 8.82. The molecular formula is C30H18N6. The fraction of sp³-hybridized carbons (Fsp3) is 0. The standard InChI is InChI=1S/C30H18N6/c1-2-9-19(10-3-1)35-23-13-6-4-11-20(23)25-22-17-31-18-34-27(22)26-21-12-5-7-14-24(21)36(29(26)28(25)35)30-32-15-8-16-33-30/h1-18H. The summed E-state index contributed by atoms with van der Waals surface area (Å²) in [5.74, 6) is 0.628. The average molecular weight is 463 g/mol. The van der Waals surface area contributed by atoms with Crippen molar-refractivity contribution in [1.82, 2.24) is 29.1 Å². The Hall–Kier alpha value is -5.10. The minimum absolute atomic E-state index is 0.628. The number of para-hydroxylation sites is 3. The molecule has 0 aliphatic heterocycles. The maximum atomic E-state index is 4.83. The van der Waals surface area contributed by atoms with Crippen molar-refractivity contribution in [1.29, 1.82) is 0 Å². The molecule has 0 aliphatic rings. The Bertz CT molecular complexity index is 1940. The molecule has 0 N–H and O–H groups in total. The maximum Gasteiger partial charge on any atom is 0.234 e. The van der Waals surface area contributed by atoms with Crippen molar-refractivity contribution in [2.75, 3.05) is 0 Å². The van der Waals surface area contributed by atoms with Crippen molar-refractivity contribution in [3.05, 3.63) is 110 Å². The first-order chi connectivity index (χ1) is 17.9. The number of aromatic nitrogens is 6. The van der Waals surface area contributed by atoms with Crippen LogP contribution < -0.4 is 0 Å². The minimum atomic E-state index is 0.628. The van der Waals surface area contributed by atoms with Gasteiger partial charge in [-0.25, -0.2) is 19.9 Å². The molecule has 0 aliphatic carbocycles. The molecule has 8 aromatic rings. The third kappa shape index (κ3) is 2.45. The lowest BCUT2D eigenvalue weighted by Gasteiger charge is -2.12. The number of benzene rings is 4. The maximum absolute atomic E-state index is 4.83. The quantitative estimate of drug-likeness (QED) is 0.290. The minimum Gasteiger partial charge on any atom is -0.307 e. The Morgan fingerprint density at radius 1 is 0.528 bits per heavy atom. The van der Waals surface area contributed by atoms with Crippen LogP contribution in [0.2, 0.25) is 0 Å². The molecule has 168 valence electrons. The van der Waals surface area contributed by atoms with E-state index in [1.807, 2.05) is 18.3 Å². The highest BCUT2D eigenvalue weighted by Gasteiger charge is 2.25. The molecule has 0 amide bonds. The van der Waals surface area contributed by atoms with Crippen LogP contribution in [0.15, 0.2) is 110 Å². The lowest BCUT2D eigenvalue weighted by molar-refractivity contribution is 0.988. The molecule has 0 atom stereocenters. The van der Waals surface area contributed by atoms with Gasteiger partial charge < -0.3 is 4.57 Å². The van der Waals surface area contributed by atoms with E-state index in [4.69, 9.17) is 4.98 Å². The molecule has 36 heavy (non-hydrogen) atoms. The third-order valence-electron chi connectivity index (χ3n) is 6.96. The smallest absolute Gasteiger partial charge is 0.234 e. The van der Waals surface area contributed by atoms with Crippen LogP contribution in [0.4, 0.5) is 0 Å². The van der Waals surface area contributed by atoms with Crippen LogP contribution in [0.1, 0.15) is 0 Å². The van der Waals surface area contributed by atoms with Crippen molar-refractivity contribution < 1.29 is 0 Å². The zero-order valence-corrected chi connectivity index (χ0v) is 19.1. The SMILES string of the molecule is c1ccc(-n2c3ccccc3c3c4cncnc4c4c5ccccc5n(-c5ncccn5)c4c32)cc1. The van der Waals surface area contributed by atoms with E-state index in [9.17, 15) is 0 Å². The van der Waals surface area contributed by atoms with Gasteiger partial charge >= 0.3 is 0 Å². The normalized spacial score (nSPS) is 11.9. The molecule has 0 bridgehead atoms. The van der Waals surface area contributed by atoms with Gasteiger partial charge in [0.2, 0.25) is 5.95 Å². The van der Waals surface area contributed by atoms with E-state index in [1.165, 1.54) is 0 Å². The van der Waals surface area contributed by atoms with Gasteiger partial charge in [-0.2, -0.15) is 0 Å². The van der Waals surface area contributed by atoms with Crippen molar-refractivity contribution in [3.63, 3.8) is 0 Å². The largest absolute Gasteiger partial charge is 0.307 e. The van der Waals surface area contributed by atoms with Crippen molar-refractivity contribution in [2.45, 2.75) is 0 Å². The molecule has 6 nitrogen and oxygen atoms in total. The van der Waals surface area contributed by atoms with Crippen molar-refractivity contribution >= 4 is 54.5 Å². The first kappa shape index (κ1) is 19.2. The van der Waals surface area contributed by atoms with E-state index in [0.717, 1.165) is 60.2 Å². The molecule has 0 unspecified atom stereocenters. The van der Waals surface area contributed by atoms with Crippen LogP contribution in [-0.4, -0.2) is 29.1 Å². The Kier molecular flexibility index (Phi) is 3.85. The molecular weight excluding hydrogens is 444 g/mol. The van der Waals surface area contributed by atoms with Crippen LogP contribution in [0.5, 0.6) is 0 Å². The monoisotopic (exact) mass is 462 g/mol. The van der Waals surface area contributed by atoms with E-state index in [0.29, 0.717) is 5.95 Å². The summed E-state index contributed by atoms with van der Waals surface area (Å²) in [7, 11) is 0. The second-order valence-corrected chi connectivity index (χ2v) is 8.82. The number of hydrogen-bond donors (Lipinski definition) is 0. The van der Waals surface area contributed by atoms with Gasteiger partial charge in [0.1, 0.15) is 6.33 Å². The van der Waals surface area contributed by atoms with E-state index < -0.39 is 0 Å². The molecule has 0 spiro atoms. The zero-order chi connectivity index (χ0) is 23.6. The summed E-state index contributed by atoms with van der Waals surface area (Å²) in [6, 6.07) is 29.3. The average Bonchev–Trinajstić information content (AvgIpc) is 3.48. The predicted octanol–water partition coefficient (Wildman–Crippen LogP) is 6.61. The molecule has 0 radical (unpaired) electrons. The summed E-state index contributed by atoms with van der Waals surface area (Å²) in [6.45, 7) is 0. The Morgan fingerprint density at radius 3 is 1.94 bits per heavy atom. The number of fused-ring (bicyclic) bond motifs is 10. The summed E-state index contributed by atoms with van der Waals surface area (Å²) in [5.41, 5.74) is 6.30. The van der Waals surface area contributed by atoms with Crippen LogP contribution >= 0.6 is 0 Å². The fourth-order valence-electron chi connectivity index (χ4n) is 5.61. The van der Waals surface area contributed by atoms with E-state index in [1.54, 1.807) is 18.7 Å². The van der Waals surface area contributed by atoms with Crippen molar-refractivity contribution in [2.24, 2.45) is 0 Å². The molecule has 8 rings (SSSR count). The fourth-order valence-corrected chi connectivity index (χ4v) is 5.61. The molecule has 6 heteroatoms. The first-order valence-corrected chi connectivity index (χ1v) is 11.8. The van der Waals surface area contributed by atoms with Crippen LogP contribution in [0.3, 0.4) is 0 Å². The van der Waals surface area contributed by atoms with E-state index >= 15 is 0 Å². The van der Waals surface area contributed by atoms with E-state index in [-0.39, 0.29) is 0 Å². The van der Waals surface area contributed by atoms with Gasteiger partial charge in [0, 0.05) is 51.2 Å². The zero-order valence-electron chi connectivity index (χ0n) is 19.1. The highest BCUT2D eigenvalue weighted by Crippen LogP contribution is 2.45. The highest BCUT2D eigenvalue weighted by molar-refractivity contribution is 6.35. The molecule has 4 heterocycles. The molecule has 4 aromatic carbocycles. The van der Waals surface area contributed by atoms with Gasteiger partial charge in [0.05, 0.1) is 27.6 Å². The van der Waals surface area contributed by atoms with Crippen LogP contribution in [0, 0.1) is 0 Å².